The second-order valence-electron chi connectivity index (χ2n) is 5.70. The minimum atomic E-state index is -0.892. The lowest BCUT2D eigenvalue weighted by molar-refractivity contribution is -0.385. The molecule has 2 aromatic carbocycles. The van der Waals surface area contributed by atoms with Gasteiger partial charge in [-0.3, -0.25) is 14.9 Å². The van der Waals surface area contributed by atoms with Gasteiger partial charge in [0, 0.05) is 11.6 Å². The van der Waals surface area contributed by atoms with E-state index in [1.165, 1.54) is 24.3 Å². The Morgan fingerprint density at radius 3 is 2.36 bits per heavy atom. The average Bonchev–Trinajstić information content (AvgIpc) is 2.65. The van der Waals surface area contributed by atoms with Crippen molar-refractivity contribution in [2.75, 3.05) is 6.61 Å². The zero-order valence-corrected chi connectivity index (χ0v) is 14.1. The maximum absolute atomic E-state index is 12.1. The molecule has 0 fully saturated rings. The zero-order valence-electron chi connectivity index (χ0n) is 14.1. The molecule has 0 aliphatic rings. The lowest BCUT2D eigenvalue weighted by atomic mass is 9.97. The summed E-state index contributed by atoms with van der Waals surface area (Å²) >= 11 is 0. The Labute approximate surface area is 145 Å². The third-order valence-electron chi connectivity index (χ3n) is 4.07. The molecule has 0 aliphatic heterocycles. The molecular formula is C19H19NO5. The first-order chi connectivity index (χ1) is 11.9. The van der Waals surface area contributed by atoms with Crippen LogP contribution < -0.4 is 0 Å². The van der Waals surface area contributed by atoms with Gasteiger partial charge in [0.2, 0.25) is 0 Å². The molecule has 0 N–H and O–H groups in total. The lowest BCUT2D eigenvalue weighted by Crippen LogP contribution is -2.15. The van der Waals surface area contributed by atoms with Gasteiger partial charge in [-0.1, -0.05) is 50.2 Å². The first-order valence-corrected chi connectivity index (χ1v) is 7.97. The van der Waals surface area contributed by atoms with Crippen molar-refractivity contribution >= 4 is 17.4 Å². The van der Waals surface area contributed by atoms with Gasteiger partial charge in [-0.2, -0.15) is 0 Å². The highest BCUT2D eigenvalue weighted by molar-refractivity contribution is 6.00. The molecule has 0 aromatic heterocycles. The summed E-state index contributed by atoms with van der Waals surface area (Å²) in [6.07, 6.45) is 1.00. The lowest BCUT2D eigenvalue weighted by Gasteiger charge is -2.09. The largest absolute Gasteiger partial charge is 0.454 e. The molecule has 0 aliphatic carbocycles. The van der Waals surface area contributed by atoms with E-state index >= 15 is 0 Å². The van der Waals surface area contributed by atoms with Gasteiger partial charge in [0.15, 0.2) is 12.4 Å². The molecule has 0 saturated heterocycles. The Morgan fingerprint density at radius 2 is 1.76 bits per heavy atom. The minimum Gasteiger partial charge on any atom is -0.454 e. The normalized spacial score (nSPS) is 11.6. The molecule has 0 unspecified atom stereocenters. The first kappa shape index (κ1) is 18.3. The third kappa shape index (κ3) is 4.50. The highest BCUT2D eigenvalue weighted by atomic mass is 16.6. The van der Waals surface area contributed by atoms with Crippen LogP contribution >= 0.6 is 0 Å². The quantitative estimate of drug-likeness (QED) is 0.327. The van der Waals surface area contributed by atoms with E-state index in [1.807, 2.05) is 12.1 Å². The molecule has 0 heterocycles. The Balaban J connectivity index is 2.02. The summed E-state index contributed by atoms with van der Waals surface area (Å²) in [5.41, 5.74) is 1.05. The third-order valence-corrected chi connectivity index (χ3v) is 4.07. The molecule has 1 atom stereocenters. The van der Waals surface area contributed by atoms with Crippen LogP contribution in [-0.2, 0) is 4.74 Å². The SMILES string of the molecule is CC[C@@H](C)c1ccc(C(=O)COC(=O)c2ccccc2[N+](=O)[O-])cc1. The summed E-state index contributed by atoms with van der Waals surface area (Å²) in [6.45, 7) is 3.73. The number of nitro groups is 1. The van der Waals surface area contributed by atoms with Crippen molar-refractivity contribution in [1.29, 1.82) is 0 Å². The number of carbonyl (C=O) groups excluding carboxylic acids is 2. The van der Waals surface area contributed by atoms with E-state index in [2.05, 4.69) is 13.8 Å². The van der Waals surface area contributed by atoms with E-state index in [0.29, 0.717) is 11.5 Å². The fraction of sp³-hybridized carbons (Fsp3) is 0.263. The molecule has 0 amide bonds. The van der Waals surface area contributed by atoms with Crippen LogP contribution in [0.5, 0.6) is 0 Å². The van der Waals surface area contributed by atoms with Crippen molar-refractivity contribution in [2.24, 2.45) is 0 Å². The molecule has 0 saturated carbocycles. The Hall–Kier alpha value is -3.02. The van der Waals surface area contributed by atoms with Gasteiger partial charge in [-0.05, 0) is 24.0 Å². The smallest absolute Gasteiger partial charge is 0.345 e. The Morgan fingerprint density at radius 1 is 1.12 bits per heavy atom. The van der Waals surface area contributed by atoms with Gasteiger partial charge in [0.25, 0.3) is 5.69 Å². The van der Waals surface area contributed by atoms with Gasteiger partial charge < -0.3 is 4.74 Å². The van der Waals surface area contributed by atoms with Gasteiger partial charge in [0.05, 0.1) is 4.92 Å². The van der Waals surface area contributed by atoms with Crippen molar-refractivity contribution < 1.29 is 19.2 Å². The van der Waals surface area contributed by atoms with E-state index in [1.54, 1.807) is 12.1 Å². The fourth-order valence-electron chi connectivity index (χ4n) is 2.33. The predicted octanol–water partition coefficient (Wildman–Crippen LogP) is 4.15. The zero-order chi connectivity index (χ0) is 18.4. The fourth-order valence-corrected chi connectivity index (χ4v) is 2.33. The number of carbonyl (C=O) groups is 2. The number of benzene rings is 2. The van der Waals surface area contributed by atoms with Gasteiger partial charge in [-0.25, -0.2) is 4.79 Å². The van der Waals surface area contributed by atoms with Crippen molar-refractivity contribution in [3.05, 3.63) is 75.3 Å². The number of hydrogen-bond acceptors (Lipinski definition) is 5. The molecule has 6 nitrogen and oxygen atoms in total. The number of rotatable bonds is 7. The number of ketones is 1. The second-order valence-corrected chi connectivity index (χ2v) is 5.70. The van der Waals surface area contributed by atoms with Crippen LogP contribution in [0.15, 0.2) is 48.5 Å². The van der Waals surface area contributed by atoms with Gasteiger partial charge in [-0.15, -0.1) is 0 Å². The van der Waals surface area contributed by atoms with Crippen LogP contribution in [0.3, 0.4) is 0 Å². The molecule has 0 bridgehead atoms. The van der Waals surface area contributed by atoms with Crippen LogP contribution in [0.2, 0.25) is 0 Å². The van der Waals surface area contributed by atoms with E-state index in [0.717, 1.165) is 12.0 Å². The number of Topliss-reactive ketones (excluding diaryl/α,β-unsaturated/α-hetero) is 1. The molecule has 0 spiro atoms. The van der Waals surface area contributed by atoms with Crippen LogP contribution in [0.1, 0.15) is 52.5 Å². The topological polar surface area (TPSA) is 86.5 Å². The van der Waals surface area contributed by atoms with Crippen molar-refractivity contribution in [3.8, 4) is 0 Å². The second kappa shape index (κ2) is 8.19. The molecule has 0 radical (unpaired) electrons. The summed E-state index contributed by atoms with van der Waals surface area (Å²) in [6, 6.07) is 12.6. The van der Waals surface area contributed by atoms with Gasteiger partial charge >= 0.3 is 5.97 Å². The van der Waals surface area contributed by atoms with Crippen LogP contribution in [-0.4, -0.2) is 23.3 Å². The molecule has 2 aromatic rings. The minimum absolute atomic E-state index is 0.174. The Kier molecular flexibility index (Phi) is 6.00. The number of para-hydroxylation sites is 1. The molecule has 130 valence electrons. The summed E-state index contributed by atoms with van der Waals surface area (Å²) in [4.78, 5) is 34.4. The highest BCUT2D eigenvalue weighted by Gasteiger charge is 2.21. The summed E-state index contributed by atoms with van der Waals surface area (Å²) < 4.78 is 4.94. The number of nitro benzene ring substituents is 1. The maximum Gasteiger partial charge on any atom is 0.345 e. The molecular weight excluding hydrogens is 322 g/mol. The average molecular weight is 341 g/mol. The van der Waals surface area contributed by atoms with Crippen molar-refractivity contribution in [3.63, 3.8) is 0 Å². The van der Waals surface area contributed by atoms with E-state index in [-0.39, 0.29) is 17.0 Å². The first-order valence-electron chi connectivity index (χ1n) is 7.97. The Bertz CT molecular complexity index is 783. The summed E-state index contributed by atoms with van der Waals surface area (Å²) in [5, 5.41) is 10.9. The maximum atomic E-state index is 12.1. The van der Waals surface area contributed by atoms with Crippen molar-refractivity contribution in [1.82, 2.24) is 0 Å². The van der Waals surface area contributed by atoms with E-state index in [9.17, 15) is 19.7 Å². The van der Waals surface area contributed by atoms with E-state index < -0.39 is 17.5 Å². The highest BCUT2D eigenvalue weighted by Crippen LogP contribution is 2.20. The number of esters is 1. The summed E-state index contributed by atoms with van der Waals surface area (Å²) in [5.74, 6) is -0.847. The van der Waals surface area contributed by atoms with Crippen LogP contribution in [0.25, 0.3) is 0 Å². The number of hydrogen-bond donors (Lipinski definition) is 0. The van der Waals surface area contributed by atoms with Gasteiger partial charge in [0.1, 0.15) is 5.56 Å². The standard InChI is InChI=1S/C19H19NO5/c1-3-13(2)14-8-10-15(11-9-14)18(21)12-25-19(22)16-6-4-5-7-17(16)20(23)24/h4-11,13H,3,12H2,1-2H3/t13-/m1/s1. The predicted molar refractivity (Wildman–Crippen MR) is 92.9 cm³/mol. The molecule has 25 heavy (non-hydrogen) atoms. The van der Waals surface area contributed by atoms with Crippen LogP contribution in [0, 0.1) is 10.1 Å². The van der Waals surface area contributed by atoms with Crippen molar-refractivity contribution in [2.45, 2.75) is 26.2 Å². The monoisotopic (exact) mass is 341 g/mol. The number of nitrogens with zero attached hydrogens (tertiary/aromatic N) is 1. The van der Waals surface area contributed by atoms with E-state index in [4.69, 9.17) is 4.74 Å². The molecule has 2 rings (SSSR count). The van der Waals surface area contributed by atoms with Crippen LogP contribution in [0.4, 0.5) is 5.69 Å². The number of ether oxygens (including phenoxy) is 1. The molecule has 6 heteroatoms. The summed E-state index contributed by atoms with van der Waals surface area (Å²) in [7, 11) is 0.